The fraction of sp³-hybridized carbons (Fsp3) is 0.333. The van der Waals surface area contributed by atoms with E-state index in [9.17, 15) is 4.39 Å². The SMILES string of the molecule is CC(Oc1ccc(F)cc1)c1nnc(SCc2ccc(C(C)(C)C)cc2)o1. The molecule has 0 saturated heterocycles. The summed E-state index contributed by atoms with van der Waals surface area (Å²) in [6, 6.07) is 14.4. The average molecular weight is 386 g/mol. The van der Waals surface area contributed by atoms with Crippen LogP contribution in [0.2, 0.25) is 0 Å². The van der Waals surface area contributed by atoms with Gasteiger partial charge in [-0.2, -0.15) is 0 Å². The third-order valence-electron chi connectivity index (χ3n) is 4.08. The normalized spacial score (nSPS) is 12.8. The molecule has 1 heterocycles. The minimum Gasteiger partial charge on any atom is -0.481 e. The maximum atomic E-state index is 13.0. The second-order valence-corrected chi connectivity index (χ2v) is 8.28. The van der Waals surface area contributed by atoms with Crippen molar-refractivity contribution in [2.24, 2.45) is 0 Å². The third-order valence-corrected chi connectivity index (χ3v) is 4.97. The molecule has 27 heavy (non-hydrogen) atoms. The fourth-order valence-electron chi connectivity index (χ4n) is 2.46. The van der Waals surface area contributed by atoms with Crippen LogP contribution in [0.4, 0.5) is 4.39 Å². The molecule has 0 amide bonds. The topological polar surface area (TPSA) is 48.2 Å². The summed E-state index contributed by atoms with van der Waals surface area (Å²) in [5, 5.41) is 8.62. The van der Waals surface area contributed by atoms with Gasteiger partial charge in [0.15, 0.2) is 6.10 Å². The summed E-state index contributed by atoms with van der Waals surface area (Å²) in [5.41, 5.74) is 2.65. The predicted octanol–water partition coefficient (Wildman–Crippen LogP) is 5.94. The highest BCUT2D eigenvalue weighted by Crippen LogP contribution is 2.27. The van der Waals surface area contributed by atoms with Crippen molar-refractivity contribution in [1.82, 2.24) is 10.2 Å². The summed E-state index contributed by atoms with van der Waals surface area (Å²) in [4.78, 5) is 0. The molecule has 3 rings (SSSR count). The van der Waals surface area contributed by atoms with Gasteiger partial charge in [0.2, 0.25) is 0 Å². The molecule has 6 heteroatoms. The Balaban J connectivity index is 1.56. The Hall–Kier alpha value is -2.34. The van der Waals surface area contributed by atoms with Crippen LogP contribution >= 0.6 is 11.8 Å². The average Bonchev–Trinajstić information content (AvgIpc) is 3.11. The van der Waals surface area contributed by atoms with Crippen LogP contribution in [-0.4, -0.2) is 10.2 Å². The van der Waals surface area contributed by atoms with E-state index in [1.54, 1.807) is 12.1 Å². The number of rotatable bonds is 6. The third kappa shape index (κ3) is 5.32. The van der Waals surface area contributed by atoms with Crippen LogP contribution in [0, 0.1) is 5.82 Å². The molecule has 0 N–H and O–H groups in total. The monoisotopic (exact) mass is 386 g/mol. The molecule has 0 fully saturated rings. The van der Waals surface area contributed by atoms with Crippen molar-refractivity contribution < 1.29 is 13.5 Å². The molecule has 1 unspecified atom stereocenters. The molecular formula is C21H23FN2O2S. The Morgan fingerprint density at radius 1 is 1.04 bits per heavy atom. The molecule has 1 atom stereocenters. The number of benzene rings is 2. The van der Waals surface area contributed by atoms with Gasteiger partial charge in [0, 0.05) is 5.75 Å². The lowest BCUT2D eigenvalue weighted by Crippen LogP contribution is -2.10. The van der Waals surface area contributed by atoms with E-state index in [1.165, 1.54) is 35.0 Å². The van der Waals surface area contributed by atoms with E-state index in [0.717, 1.165) is 5.75 Å². The minimum atomic E-state index is -0.414. The van der Waals surface area contributed by atoms with E-state index in [2.05, 4.69) is 55.2 Å². The minimum absolute atomic E-state index is 0.147. The van der Waals surface area contributed by atoms with Crippen molar-refractivity contribution in [2.75, 3.05) is 0 Å². The molecule has 0 radical (unpaired) electrons. The van der Waals surface area contributed by atoms with Crippen molar-refractivity contribution in [2.45, 2.75) is 50.2 Å². The van der Waals surface area contributed by atoms with E-state index >= 15 is 0 Å². The van der Waals surface area contributed by atoms with E-state index in [4.69, 9.17) is 9.15 Å². The van der Waals surface area contributed by atoms with E-state index in [1.807, 2.05) is 6.92 Å². The van der Waals surface area contributed by atoms with Crippen molar-refractivity contribution in [3.05, 3.63) is 71.4 Å². The van der Waals surface area contributed by atoms with Crippen LogP contribution in [-0.2, 0) is 11.2 Å². The van der Waals surface area contributed by atoms with Gasteiger partial charge in [-0.3, -0.25) is 0 Å². The van der Waals surface area contributed by atoms with Crippen LogP contribution in [0.15, 0.2) is 58.2 Å². The number of hydrogen-bond donors (Lipinski definition) is 0. The van der Waals surface area contributed by atoms with Gasteiger partial charge in [0.25, 0.3) is 11.1 Å². The quantitative estimate of drug-likeness (QED) is 0.491. The predicted molar refractivity (Wildman–Crippen MR) is 104 cm³/mol. The lowest BCUT2D eigenvalue weighted by Gasteiger charge is -2.19. The molecule has 1 aromatic heterocycles. The van der Waals surface area contributed by atoms with Crippen LogP contribution in [0.3, 0.4) is 0 Å². The van der Waals surface area contributed by atoms with E-state index < -0.39 is 6.10 Å². The number of nitrogens with zero attached hydrogens (tertiary/aromatic N) is 2. The van der Waals surface area contributed by atoms with Crippen molar-refractivity contribution in [3.8, 4) is 5.75 Å². The highest BCUT2D eigenvalue weighted by Gasteiger charge is 2.17. The van der Waals surface area contributed by atoms with Gasteiger partial charge in [-0.05, 0) is 47.7 Å². The number of ether oxygens (including phenoxy) is 1. The van der Waals surface area contributed by atoms with Gasteiger partial charge >= 0.3 is 0 Å². The molecule has 142 valence electrons. The Bertz CT molecular complexity index is 870. The molecule has 0 bridgehead atoms. The number of thioether (sulfide) groups is 1. The van der Waals surface area contributed by atoms with Gasteiger partial charge in [0.05, 0.1) is 0 Å². The number of halogens is 1. The van der Waals surface area contributed by atoms with Gasteiger partial charge < -0.3 is 9.15 Å². The molecule has 0 aliphatic carbocycles. The first-order chi connectivity index (χ1) is 12.8. The van der Waals surface area contributed by atoms with Gasteiger partial charge in [0.1, 0.15) is 11.6 Å². The molecule has 2 aromatic carbocycles. The maximum Gasteiger partial charge on any atom is 0.277 e. The zero-order chi connectivity index (χ0) is 19.4. The Morgan fingerprint density at radius 3 is 2.33 bits per heavy atom. The van der Waals surface area contributed by atoms with Gasteiger partial charge in [-0.25, -0.2) is 4.39 Å². The molecule has 0 saturated carbocycles. The van der Waals surface area contributed by atoms with Crippen molar-refractivity contribution in [1.29, 1.82) is 0 Å². The largest absolute Gasteiger partial charge is 0.481 e. The second kappa shape index (κ2) is 8.13. The Morgan fingerprint density at radius 2 is 1.70 bits per heavy atom. The maximum absolute atomic E-state index is 13.0. The highest BCUT2D eigenvalue weighted by atomic mass is 32.2. The van der Waals surface area contributed by atoms with Gasteiger partial charge in [-0.15, -0.1) is 10.2 Å². The Kier molecular flexibility index (Phi) is 5.85. The standard InChI is InChI=1S/C21H23FN2O2S/c1-14(25-18-11-9-17(22)10-12-18)19-23-24-20(26-19)27-13-15-5-7-16(8-6-15)21(2,3)4/h5-12,14H,13H2,1-4H3. The summed E-state index contributed by atoms with van der Waals surface area (Å²) in [6.07, 6.45) is -0.414. The second-order valence-electron chi connectivity index (χ2n) is 7.36. The molecule has 3 aromatic rings. The van der Waals surface area contributed by atoms with Crippen LogP contribution < -0.4 is 4.74 Å². The first-order valence-corrected chi connectivity index (χ1v) is 9.77. The zero-order valence-electron chi connectivity index (χ0n) is 15.9. The summed E-state index contributed by atoms with van der Waals surface area (Å²) >= 11 is 1.49. The summed E-state index contributed by atoms with van der Waals surface area (Å²) in [5.74, 6) is 1.39. The summed E-state index contributed by atoms with van der Waals surface area (Å²) in [7, 11) is 0. The number of aromatic nitrogens is 2. The molecular weight excluding hydrogens is 363 g/mol. The molecule has 0 spiro atoms. The van der Waals surface area contributed by atoms with Gasteiger partial charge in [-0.1, -0.05) is 56.8 Å². The molecule has 4 nitrogen and oxygen atoms in total. The lowest BCUT2D eigenvalue weighted by molar-refractivity contribution is 0.181. The van der Waals surface area contributed by atoms with Crippen LogP contribution in [0.25, 0.3) is 0 Å². The first kappa shape index (κ1) is 19.4. The molecule has 0 aliphatic rings. The lowest BCUT2D eigenvalue weighted by atomic mass is 9.87. The summed E-state index contributed by atoms with van der Waals surface area (Å²) in [6.45, 7) is 8.42. The van der Waals surface area contributed by atoms with Crippen molar-refractivity contribution >= 4 is 11.8 Å². The first-order valence-electron chi connectivity index (χ1n) is 8.79. The van der Waals surface area contributed by atoms with Crippen LogP contribution in [0.5, 0.6) is 5.75 Å². The van der Waals surface area contributed by atoms with Crippen LogP contribution in [0.1, 0.15) is 50.8 Å². The zero-order valence-corrected chi connectivity index (χ0v) is 16.7. The fourth-order valence-corrected chi connectivity index (χ4v) is 3.18. The Labute approximate surface area is 163 Å². The van der Waals surface area contributed by atoms with Crippen molar-refractivity contribution in [3.63, 3.8) is 0 Å². The molecule has 0 aliphatic heterocycles. The smallest absolute Gasteiger partial charge is 0.277 e. The number of hydrogen-bond acceptors (Lipinski definition) is 5. The van der Waals surface area contributed by atoms with E-state index in [-0.39, 0.29) is 11.2 Å². The van der Waals surface area contributed by atoms with E-state index in [0.29, 0.717) is 16.9 Å². The summed E-state index contributed by atoms with van der Waals surface area (Å²) < 4.78 is 24.3. The highest BCUT2D eigenvalue weighted by molar-refractivity contribution is 7.98.